The number of nitrogens with one attached hydrogen (secondary N) is 1. The number of nitrogens with two attached hydrogens (primary N) is 1. The highest BCUT2D eigenvalue weighted by atomic mass is 19.1. The lowest BCUT2D eigenvalue weighted by molar-refractivity contribution is 0.628. The van der Waals surface area contributed by atoms with Crippen molar-refractivity contribution in [2.24, 2.45) is 7.05 Å². The van der Waals surface area contributed by atoms with E-state index in [1.807, 2.05) is 22.6 Å². The van der Waals surface area contributed by atoms with E-state index in [4.69, 9.17) is 5.73 Å². The number of nitrogens with zero attached hydrogens (tertiary/aromatic N) is 4. The number of halogens is 1. The SMILES string of the molecule is Cn1c(=O)[nH]c2ccc(-c3c(-c4cccc(F)c4)nc(N)c4nccn34)cc21. The maximum atomic E-state index is 13.9. The molecule has 3 heterocycles. The molecular formula is C20H15FN6O. The van der Waals surface area contributed by atoms with Crippen LogP contribution in [0.1, 0.15) is 0 Å². The second-order valence-corrected chi connectivity index (χ2v) is 6.55. The summed E-state index contributed by atoms with van der Waals surface area (Å²) in [6.45, 7) is 0. The molecule has 0 aliphatic rings. The number of aromatic nitrogens is 5. The summed E-state index contributed by atoms with van der Waals surface area (Å²) in [6, 6.07) is 11.8. The number of benzene rings is 2. The Labute approximate surface area is 157 Å². The molecule has 0 atom stereocenters. The summed E-state index contributed by atoms with van der Waals surface area (Å²) >= 11 is 0. The molecule has 0 saturated heterocycles. The summed E-state index contributed by atoms with van der Waals surface area (Å²) in [5.74, 6) is -0.110. The van der Waals surface area contributed by atoms with Gasteiger partial charge in [0.15, 0.2) is 11.5 Å². The minimum absolute atomic E-state index is 0.194. The summed E-state index contributed by atoms with van der Waals surface area (Å²) in [6.07, 6.45) is 3.42. The zero-order valence-electron chi connectivity index (χ0n) is 14.8. The van der Waals surface area contributed by atoms with E-state index in [0.29, 0.717) is 22.6 Å². The normalized spacial score (nSPS) is 11.5. The molecule has 2 aromatic carbocycles. The van der Waals surface area contributed by atoms with E-state index in [0.717, 1.165) is 16.6 Å². The number of nitrogen functional groups attached to an aromatic ring is 1. The van der Waals surface area contributed by atoms with Crippen LogP contribution in [0.25, 0.3) is 39.2 Å². The first-order valence-electron chi connectivity index (χ1n) is 8.60. The van der Waals surface area contributed by atoms with Crippen molar-refractivity contribution in [3.63, 3.8) is 0 Å². The van der Waals surface area contributed by atoms with Gasteiger partial charge >= 0.3 is 5.69 Å². The van der Waals surface area contributed by atoms with E-state index in [2.05, 4.69) is 15.0 Å². The number of aromatic amines is 1. The quantitative estimate of drug-likeness (QED) is 0.497. The number of aryl methyl sites for hydroxylation is 1. The van der Waals surface area contributed by atoms with Crippen LogP contribution < -0.4 is 11.4 Å². The van der Waals surface area contributed by atoms with Crippen LogP contribution in [0.4, 0.5) is 10.2 Å². The van der Waals surface area contributed by atoms with Gasteiger partial charge < -0.3 is 10.7 Å². The van der Waals surface area contributed by atoms with Gasteiger partial charge in [0.2, 0.25) is 0 Å². The number of anilines is 1. The summed E-state index contributed by atoms with van der Waals surface area (Å²) in [5, 5.41) is 0. The van der Waals surface area contributed by atoms with Gasteiger partial charge in [0.25, 0.3) is 0 Å². The summed E-state index contributed by atoms with van der Waals surface area (Å²) in [4.78, 5) is 23.6. The van der Waals surface area contributed by atoms with Crippen LogP contribution in [0.3, 0.4) is 0 Å². The van der Waals surface area contributed by atoms with Gasteiger partial charge in [-0.05, 0) is 24.3 Å². The average molecular weight is 374 g/mol. The molecular weight excluding hydrogens is 359 g/mol. The summed E-state index contributed by atoms with van der Waals surface area (Å²) in [5.41, 5.74) is 10.5. The molecule has 28 heavy (non-hydrogen) atoms. The molecule has 5 rings (SSSR count). The van der Waals surface area contributed by atoms with Gasteiger partial charge in [-0.3, -0.25) is 8.97 Å². The van der Waals surface area contributed by atoms with Crippen LogP contribution in [0, 0.1) is 5.82 Å². The van der Waals surface area contributed by atoms with Crippen LogP contribution >= 0.6 is 0 Å². The fraction of sp³-hybridized carbons (Fsp3) is 0.0500. The third-order valence-electron chi connectivity index (χ3n) is 4.84. The molecule has 3 N–H and O–H groups in total. The summed E-state index contributed by atoms with van der Waals surface area (Å²) < 4.78 is 17.3. The predicted molar refractivity (Wildman–Crippen MR) is 105 cm³/mol. The third kappa shape index (κ3) is 2.31. The van der Waals surface area contributed by atoms with E-state index >= 15 is 0 Å². The maximum absolute atomic E-state index is 13.9. The Morgan fingerprint density at radius 2 is 2.00 bits per heavy atom. The Bertz CT molecular complexity index is 1430. The van der Waals surface area contributed by atoms with Gasteiger partial charge in [0.05, 0.1) is 22.4 Å². The number of hydrogen-bond acceptors (Lipinski definition) is 4. The zero-order valence-corrected chi connectivity index (χ0v) is 14.8. The predicted octanol–water partition coefficient (Wildman–Crippen LogP) is 2.96. The molecule has 0 unspecified atom stereocenters. The Kier molecular flexibility index (Phi) is 3.35. The fourth-order valence-electron chi connectivity index (χ4n) is 3.49. The molecule has 0 aliphatic carbocycles. The minimum Gasteiger partial charge on any atom is -0.381 e. The molecule has 0 fully saturated rings. The average Bonchev–Trinajstić information content (AvgIpc) is 3.27. The largest absolute Gasteiger partial charge is 0.381 e. The van der Waals surface area contributed by atoms with E-state index in [9.17, 15) is 9.18 Å². The molecule has 0 radical (unpaired) electrons. The van der Waals surface area contributed by atoms with Crippen LogP contribution in [0.15, 0.2) is 59.7 Å². The highest BCUT2D eigenvalue weighted by molar-refractivity contribution is 5.88. The van der Waals surface area contributed by atoms with Crippen molar-refractivity contribution in [3.8, 4) is 22.5 Å². The molecule has 0 bridgehead atoms. The molecule has 3 aromatic heterocycles. The smallest absolute Gasteiger partial charge is 0.326 e. The van der Waals surface area contributed by atoms with E-state index in [1.165, 1.54) is 16.7 Å². The Balaban J connectivity index is 1.89. The number of imidazole rings is 2. The van der Waals surface area contributed by atoms with Gasteiger partial charge in [0, 0.05) is 30.6 Å². The van der Waals surface area contributed by atoms with Crippen LogP contribution in [-0.2, 0) is 7.05 Å². The van der Waals surface area contributed by atoms with Crippen molar-refractivity contribution < 1.29 is 4.39 Å². The molecule has 5 aromatic rings. The summed E-state index contributed by atoms with van der Waals surface area (Å²) in [7, 11) is 1.70. The van der Waals surface area contributed by atoms with Crippen LogP contribution in [-0.4, -0.2) is 23.9 Å². The first-order chi connectivity index (χ1) is 13.5. The Morgan fingerprint density at radius 1 is 1.14 bits per heavy atom. The van der Waals surface area contributed by atoms with Gasteiger partial charge in [-0.15, -0.1) is 0 Å². The highest BCUT2D eigenvalue weighted by Crippen LogP contribution is 2.34. The number of rotatable bonds is 2. The minimum atomic E-state index is -0.363. The Morgan fingerprint density at radius 3 is 2.82 bits per heavy atom. The molecule has 0 spiro atoms. The van der Waals surface area contributed by atoms with E-state index in [-0.39, 0.29) is 17.3 Å². The number of fused-ring (bicyclic) bond motifs is 2. The number of H-pyrrole nitrogens is 1. The first kappa shape index (κ1) is 16.2. The lowest BCUT2D eigenvalue weighted by atomic mass is 10.0. The fourth-order valence-corrected chi connectivity index (χ4v) is 3.49. The van der Waals surface area contributed by atoms with E-state index < -0.39 is 0 Å². The molecule has 0 saturated carbocycles. The van der Waals surface area contributed by atoms with Gasteiger partial charge in [0.1, 0.15) is 5.82 Å². The monoisotopic (exact) mass is 374 g/mol. The van der Waals surface area contributed by atoms with Crippen LogP contribution in [0.5, 0.6) is 0 Å². The van der Waals surface area contributed by atoms with Crippen molar-refractivity contribution in [2.45, 2.75) is 0 Å². The second kappa shape index (κ2) is 5.78. The first-order valence-corrected chi connectivity index (χ1v) is 8.60. The van der Waals surface area contributed by atoms with Gasteiger partial charge in [-0.25, -0.2) is 19.2 Å². The lowest BCUT2D eigenvalue weighted by Gasteiger charge is -2.14. The topological polar surface area (TPSA) is 94.0 Å². The third-order valence-corrected chi connectivity index (χ3v) is 4.84. The zero-order chi connectivity index (χ0) is 19.4. The van der Waals surface area contributed by atoms with Crippen molar-refractivity contribution >= 4 is 22.5 Å². The van der Waals surface area contributed by atoms with E-state index in [1.54, 1.807) is 31.6 Å². The molecule has 0 aliphatic heterocycles. The Hall–Kier alpha value is -3.94. The van der Waals surface area contributed by atoms with Crippen molar-refractivity contribution in [1.82, 2.24) is 23.9 Å². The van der Waals surface area contributed by atoms with Crippen molar-refractivity contribution in [3.05, 3.63) is 71.2 Å². The van der Waals surface area contributed by atoms with Gasteiger partial charge in [-0.2, -0.15) is 0 Å². The molecule has 7 nitrogen and oxygen atoms in total. The van der Waals surface area contributed by atoms with Crippen molar-refractivity contribution in [2.75, 3.05) is 5.73 Å². The standard InChI is InChI=1S/C20H15FN6O/c1-26-15-10-12(5-6-14(15)24-20(26)28)17-16(11-3-2-4-13(21)9-11)25-18(22)19-23-7-8-27(17)19/h2-10H,1H3,(H2,22,25)(H,24,28). The molecule has 138 valence electrons. The maximum Gasteiger partial charge on any atom is 0.326 e. The highest BCUT2D eigenvalue weighted by Gasteiger charge is 2.18. The lowest BCUT2D eigenvalue weighted by Crippen LogP contribution is -2.11. The second-order valence-electron chi connectivity index (χ2n) is 6.55. The van der Waals surface area contributed by atoms with Crippen molar-refractivity contribution in [1.29, 1.82) is 0 Å². The number of hydrogen-bond donors (Lipinski definition) is 2. The molecule has 0 amide bonds. The van der Waals surface area contributed by atoms with Gasteiger partial charge in [-0.1, -0.05) is 18.2 Å². The molecule has 8 heteroatoms. The van der Waals surface area contributed by atoms with Crippen LogP contribution in [0.2, 0.25) is 0 Å².